The van der Waals surface area contributed by atoms with Gasteiger partial charge in [-0.05, 0) is 0 Å². The molecule has 2 rings (SSSR count). The lowest BCUT2D eigenvalue weighted by Gasteiger charge is -2.47. The average Bonchev–Trinajstić information content (AvgIpc) is 3.08. The van der Waals surface area contributed by atoms with Crippen LogP contribution in [-0.2, 0) is 38.0 Å². The first-order valence-corrected chi connectivity index (χ1v) is 15.0. The largest absolute Gasteiger partial charge is 0.394 e. The molecular formula is C26H49NO21. The first-order valence-electron chi connectivity index (χ1n) is 15.0. The lowest BCUT2D eigenvalue weighted by molar-refractivity contribution is -0.347. The van der Waals surface area contributed by atoms with E-state index in [1.54, 1.807) is 0 Å². The molecule has 1 amide bonds. The molecule has 0 aromatic heterocycles. The van der Waals surface area contributed by atoms with E-state index in [9.17, 15) is 66.1 Å². The maximum atomic E-state index is 12.2. The van der Waals surface area contributed by atoms with Crippen molar-refractivity contribution in [3.05, 3.63) is 0 Å². The summed E-state index contributed by atoms with van der Waals surface area (Å²) in [5.74, 6) is -0.723. The summed E-state index contributed by atoms with van der Waals surface area (Å²) >= 11 is 0. The first kappa shape index (κ1) is 42.8. The molecule has 0 aromatic carbocycles. The normalized spacial score (nSPS) is 34.4. The van der Waals surface area contributed by atoms with E-state index in [1.807, 2.05) is 0 Å². The van der Waals surface area contributed by atoms with Crippen LogP contribution in [0.1, 0.15) is 6.92 Å². The van der Waals surface area contributed by atoms with E-state index in [4.69, 9.17) is 38.3 Å². The van der Waals surface area contributed by atoms with Gasteiger partial charge >= 0.3 is 0 Å². The second-order valence-electron chi connectivity index (χ2n) is 11.0. The molecule has 2 saturated heterocycles. The lowest BCUT2D eigenvalue weighted by atomic mass is 9.95. The van der Waals surface area contributed by atoms with Gasteiger partial charge in [0.05, 0.1) is 52.9 Å². The molecular weight excluding hydrogens is 662 g/mol. The van der Waals surface area contributed by atoms with E-state index in [-0.39, 0.29) is 0 Å². The zero-order chi connectivity index (χ0) is 36.1. The Hall–Kier alpha value is -1.33. The Morgan fingerprint density at radius 3 is 1.79 bits per heavy atom. The van der Waals surface area contributed by atoms with Crippen LogP contribution >= 0.6 is 0 Å². The van der Waals surface area contributed by atoms with Gasteiger partial charge < -0.3 is 105 Å². The highest BCUT2D eigenvalue weighted by Crippen LogP contribution is 2.30. The van der Waals surface area contributed by atoms with Crippen molar-refractivity contribution in [1.29, 1.82) is 0 Å². The SMILES string of the molecule is CC(=O)NC1C(O[C@@H]2OC(CO)[C@H](O)C(O)C2O)[C@H](O)C(CO)O[C@H]1OCC(O)[C@@H](OC(CO)CO)O[C@@H](CO)C(CO)O[C@@H](O)CO. The van der Waals surface area contributed by atoms with Gasteiger partial charge in [0.2, 0.25) is 5.91 Å². The average molecular weight is 712 g/mol. The zero-order valence-electron chi connectivity index (χ0n) is 26.0. The van der Waals surface area contributed by atoms with Crippen LogP contribution in [0.15, 0.2) is 0 Å². The van der Waals surface area contributed by atoms with Gasteiger partial charge in [-0.15, -0.1) is 0 Å². The van der Waals surface area contributed by atoms with E-state index in [2.05, 4.69) is 5.32 Å². The van der Waals surface area contributed by atoms with Crippen LogP contribution in [0.2, 0.25) is 0 Å². The molecule has 22 nitrogen and oxygen atoms in total. The Labute approximate surface area is 274 Å². The fraction of sp³-hybridized carbons (Fsp3) is 0.962. The van der Waals surface area contributed by atoms with E-state index < -0.39 is 157 Å². The summed E-state index contributed by atoms with van der Waals surface area (Å²) in [6, 6.07) is -1.50. The second kappa shape index (κ2) is 21.1. The number of hydrogen-bond donors (Lipinski definition) is 14. The van der Waals surface area contributed by atoms with Crippen LogP contribution in [0.3, 0.4) is 0 Å². The fourth-order valence-electron chi connectivity index (χ4n) is 4.83. The predicted octanol–water partition coefficient (Wildman–Crippen LogP) is -9.11. The Morgan fingerprint density at radius 2 is 1.27 bits per heavy atom. The molecule has 284 valence electrons. The third-order valence-corrected chi connectivity index (χ3v) is 7.41. The van der Waals surface area contributed by atoms with Gasteiger partial charge in [-0.1, -0.05) is 0 Å². The number of aliphatic hydroxyl groups is 13. The van der Waals surface area contributed by atoms with Crippen molar-refractivity contribution >= 4 is 5.91 Å². The highest BCUT2D eigenvalue weighted by Gasteiger charge is 2.52. The molecule has 0 radical (unpaired) electrons. The Kier molecular flexibility index (Phi) is 18.9. The lowest BCUT2D eigenvalue weighted by Crippen LogP contribution is -2.68. The molecule has 0 bridgehead atoms. The minimum absolute atomic E-state index is 0.723. The van der Waals surface area contributed by atoms with Gasteiger partial charge in [0.25, 0.3) is 0 Å². The van der Waals surface area contributed by atoms with Crippen molar-refractivity contribution in [3.63, 3.8) is 0 Å². The van der Waals surface area contributed by atoms with Crippen molar-refractivity contribution in [1.82, 2.24) is 5.32 Å². The van der Waals surface area contributed by atoms with Crippen molar-refractivity contribution in [2.24, 2.45) is 0 Å². The van der Waals surface area contributed by atoms with Crippen molar-refractivity contribution < 1.29 is 104 Å². The molecule has 2 fully saturated rings. The Bertz CT molecular complexity index is 902. The van der Waals surface area contributed by atoms with Crippen molar-refractivity contribution in [3.8, 4) is 0 Å². The summed E-state index contributed by atoms with van der Waals surface area (Å²) in [7, 11) is 0. The number of carbonyl (C=O) groups is 1. The van der Waals surface area contributed by atoms with Crippen LogP contribution in [0.4, 0.5) is 0 Å². The number of rotatable bonds is 21. The Morgan fingerprint density at radius 1 is 0.708 bits per heavy atom. The van der Waals surface area contributed by atoms with Gasteiger partial charge in [0.1, 0.15) is 73.2 Å². The number of ether oxygens (including phenoxy) is 7. The molecule has 0 spiro atoms. The standard InChI is InChI=1S/C26H49NO21/c1-10(35)27-18-23(48-26-22(41)21(40)19(38)15(6-32)47-26)20(39)16(7-33)46-25(18)42-9-12(36)24(43-11(2-28)3-29)45-14(5-31)13(4-30)44-17(37)8-34/h11-26,28-34,36-41H,2-9H2,1H3,(H,27,35)/t12?,13?,14-,15?,16?,17+,18?,19-,20+,21?,22?,23?,24-,25+,26-/m0/s1. The number of aliphatic hydroxyl groups excluding tert-OH is 13. The molecule has 2 aliphatic rings. The quantitative estimate of drug-likeness (QED) is 0.0491. The van der Waals surface area contributed by atoms with E-state index in [0.29, 0.717) is 0 Å². The molecule has 0 saturated carbocycles. The van der Waals surface area contributed by atoms with Gasteiger partial charge in [-0.25, -0.2) is 0 Å². The maximum absolute atomic E-state index is 12.2. The number of hydrogen-bond acceptors (Lipinski definition) is 21. The van der Waals surface area contributed by atoms with Gasteiger partial charge in [-0.3, -0.25) is 4.79 Å². The van der Waals surface area contributed by atoms with Gasteiger partial charge in [0.15, 0.2) is 25.2 Å². The first-order chi connectivity index (χ1) is 22.8. The smallest absolute Gasteiger partial charge is 0.217 e. The van der Waals surface area contributed by atoms with E-state index in [0.717, 1.165) is 6.92 Å². The summed E-state index contributed by atoms with van der Waals surface area (Å²) in [6.45, 7) is -5.62. The summed E-state index contributed by atoms with van der Waals surface area (Å²) < 4.78 is 38.2. The van der Waals surface area contributed by atoms with Crippen LogP contribution in [-0.4, -0.2) is 223 Å². The summed E-state index contributed by atoms with van der Waals surface area (Å²) in [5, 5.41) is 132. The highest BCUT2D eigenvalue weighted by atomic mass is 16.7. The number of amides is 1. The highest BCUT2D eigenvalue weighted by molar-refractivity contribution is 5.73. The molecule has 15 atom stereocenters. The maximum Gasteiger partial charge on any atom is 0.217 e. The third-order valence-electron chi connectivity index (χ3n) is 7.41. The molecule has 0 aliphatic carbocycles. The molecule has 48 heavy (non-hydrogen) atoms. The minimum atomic E-state index is -1.92. The predicted molar refractivity (Wildman–Crippen MR) is 150 cm³/mol. The van der Waals surface area contributed by atoms with Crippen molar-refractivity contribution in [2.45, 2.75) is 105 Å². The van der Waals surface area contributed by atoms with Crippen LogP contribution < -0.4 is 5.32 Å². The summed E-state index contributed by atoms with van der Waals surface area (Å²) in [5.41, 5.74) is 0. The second-order valence-corrected chi connectivity index (χ2v) is 11.0. The summed E-state index contributed by atoms with van der Waals surface area (Å²) in [6.07, 6.45) is -25.2. The van der Waals surface area contributed by atoms with Crippen LogP contribution in [0, 0.1) is 0 Å². The van der Waals surface area contributed by atoms with E-state index in [1.165, 1.54) is 0 Å². The van der Waals surface area contributed by atoms with Crippen molar-refractivity contribution in [2.75, 3.05) is 52.9 Å². The fourth-order valence-corrected chi connectivity index (χ4v) is 4.83. The molecule has 2 heterocycles. The number of nitrogens with one attached hydrogen (secondary N) is 1. The van der Waals surface area contributed by atoms with E-state index >= 15 is 0 Å². The summed E-state index contributed by atoms with van der Waals surface area (Å²) in [4.78, 5) is 12.2. The minimum Gasteiger partial charge on any atom is -0.394 e. The monoisotopic (exact) mass is 711 g/mol. The topological polar surface area (TPSA) is 357 Å². The third kappa shape index (κ3) is 11.6. The Balaban J connectivity index is 2.32. The zero-order valence-corrected chi connectivity index (χ0v) is 26.0. The van der Waals surface area contributed by atoms with Crippen LogP contribution in [0.25, 0.3) is 0 Å². The van der Waals surface area contributed by atoms with Crippen LogP contribution in [0.5, 0.6) is 0 Å². The molecule has 8 unspecified atom stereocenters. The molecule has 2 aliphatic heterocycles. The van der Waals surface area contributed by atoms with Gasteiger partial charge in [-0.2, -0.15) is 0 Å². The molecule has 14 N–H and O–H groups in total. The number of carbonyl (C=O) groups excluding carboxylic acids is 1. The molecule has 0 aromatic rings. The van der Waals surface area contributed by atoms with Gasteiger partial charge in [0, 0.05) is 6.92 Å². The molecule has 22 heteroatoms.